The third kappa shape index (κ3) is 8.78. The van der Waals surface area contributed by atoms with E-state index in [-0.39, 0.29) is 35.5 Å². The number of sulfonamides is 1. The van der Waals surface area contributed by atoms with E-state index >= 15 is 4.39 Å². The number of rotatable bonds is 12. The van der Waals surface area contributed by atoms with E-state index in [1.54, 1.807) is 36.4 Å². The Kier molecular flexibility index (Phi) is 11.3. The first-order valence-corrected chi connectivity index (χ1v) is 17.7. The summed E-state index contributed by atoms with van der Waals surface area (Å²) in [5.41, 5.74) is 2.12. The van der Waals surface area contributed by atoms with Crippen LogP contribution in [0, 0.1) is 12.7 Å². The molecule has 4 aromatic rings. The summed E-state index contributed by atoms with van der Waals surface area (Å²) in [4.78, 5) is 30.0. The van der Waals surface area contributed by atoms with Crippen LogP contribution in [0.3, 0.4) is 0 Å². The molecule has 246 valence electrons. The maximum atomic E-state index is 15.3. The van der Waals surface area contributed by atoms with Gasteiger partial charge in [0.05, 0.1) is 10.6 Å². The molecule has 1 N–H and O–H groups in total. The number of carbonyl (C=O) groups excluding carboxylic acids is 2. The van der Waals surface area contributed by atoms with Crippen molar-refractivity contribution in [3.05, 3.63) is 131 Å². The van der Waals surface area contributed by atoms with Gasteiger partial charge < -0.3 is 10.2 Å². The molecule has 0 saturated heterocycles. The second-order valence-corrected chi connectivity index (χ2v) is 14.3. The number of benzene rings is 4. The Labute approximate surface area is 281 Å². The van der Waals surface area contributed by atoms with Gasteiger partial charge in [0.2, 0.25) is 11.8 Å². The quantitative estimate of drug-likeness (QED) is 0.174. The van der Waals surface area contributed by atoms with Gasteiger partial charge in [0.25, 0.3) is 10.0 Å². The number of amides is 2. The van der Waals surface area contributed by atoms with Crippen LogP contribution >= 0.6 is 11.6 Å². The standard InChI is InChI=1S/C37H39ClFN3O4S/c1-27-16-22-32(23-17-27)47(45,46)42(34-15-9-8-14-33(34)39)26-36(43)41(25-29-18-20-30(38)21-19-29)35(24-28-10-4-2-5-11-28)37(44)40-31-12-6-3-7-13-31/h2,4-5,8-11,14-23,31,35H,3,6-7,12-13,24-26H2,1H3,(H,40,44)/t35-/m1/s1. The van der Waals surface area contributed by atoms with Crippen LogP contribution in [-0.2, 0) is 32.6 Å². The molecule has 0 bridgehead atoms. The summed E-state index contributed by atoms with van der Waals surface area (Å²) in [5, 5.41) is 3.69. The molecule has 0 aliphatic heterocycles. The molecule has 2 amide bonds. The van der Waals surface area contributed by atoms with Crippen LogP contribution in [0.4, 0.5) is 10.1 Å². The van der Waals surface area contributed by atoms with E-state index in [0.717, 1.165) is 53.6 Å². The Balaban J connectivity index is 1.56. The molecule has 0 spiro atoms. The Morgan fingerprint density at radius 2 is 1.49 bits per heavy atom. The summed E-state index contributed by atoms with van der Waals surface area (Å²) >= 11 is 6.16. The summed E-state index contributed by atoms with van der Waals surface area (Å²) in [5.74, 6) is -1.77. The fourth-order valence-electron chi connectivity index (χ4n) is 5.89. The number of nitrogens with zero attached hydrogens (tertiary/aromatic N) is 2. The average Bonchev–Trinajstić information content (AvgIpc) is 3.07. The van der Waals surface area contributed by atoms with Crippen LogP contribution in [0.2, 0.25) is 5.02 Å². The van der Waals surface area contributed by atoms with Gasteiger partial charge in [-0.3, -0.25) is 13.9 Å². The molecule has 47 heavy (non-hydrogen) atoms. The second-order valence-electron chi connectivity index (χ2n) is 12.0. The zero-order valence-corrected chi connectivity index (χ0v) is 27.9. The lowest BCUT2D eigenvalue weighted by Crippen LogP contribution is -2.55. The Bertz CT molecular complexity index is 1760. The van der Waals surface area contributed by atoms with Gasteiger partial charge in [0.15, 0.2) is 0 Å². The molecule has 1 saturated carbocycles. The van der Waals surface area contributed by atoms with Crippen molar-refractivity contribution in [1.29, 1.82) is 0 Å². The summed E-state index contributed by atoms with van der Waals surface area (Å²) in [6, 6.07) is 26.9. The van der Waals surface area contributed by atoms with E-state index in [0.29, 0.717) is 10.6 Å². The van der Waals surface area contributed by atoms with Gasteiger partial charge in [0, 0.05) is 24.0 Å². The lowest BCUT2D eigenvalue weighted by Gasteiger charge is -2.35. The smallest absolute Gasteiger partial charge is 0.264 e. The highest BCUT2D eigenvalue weighted by Gasteiger charge is 2.36. The minimum atomic E-state index is -4.40. The van der Waals surface area contributed by atoms with Crippen molar-refractivity contribution in [2.45, 2.75) is 69.0 Å². The lowest BCUT2D eigenvalue weighted by atomic mass is 9.94. The maximum absolute atomic E-state index is 15.3. The zero-order valence-electron chi connectivity index (χ0n) is 26.3. The summed E-state index contributed by atoms with van der Waals surface area (Å²) < 4.78 is 44.3. The fraction of sp³-hybridized carbons (Fsp3) is 0.297. The number of nitrogens with one attached hydrogen (secondary N) is 1. The van der Waals surface area contributed by atoms with Crippen molar-refractivity contribution in [2.24, 2.45) is 0 Å². The highest BCUT2D eigenvalue weighted by atomic mass is 35.5. The van der Waals surface area contributed by atoms with E-state index in [9.17, 15) is 18.0 Å². The van der Waals surface area contributed by atoms with Crippen molar-refractivity contribution >= 4 is 39.1 Å². The minimum Gasteiger partial charge on any atom is -0.352 e. The second kappa shape index (κ2) is 15.6. The predicted octanol–water partition coefficient (Wildman–Crippen LogP) is 7.07. The van der Waals surface area contributed by atoms with Crippen LogP contribution in [-0.4, -0.2) is 43.8 Å². The van der Waals surface area contributed by atoms with Crippen molar-refractivity contribution < 1.29 is 22.4 Å². The summed E-state index contributed by atoms with van der Waals surface area (Å²) in [6.45, 7) is 1.10. The Morgan fingerprint density at radius 1 is 0.851 bits per heavy atom. The van der Waals surface area contributed by atoms with Crippen LogP contribution in [0.15, 0.2) is 108 Å². The third-order valence-corrected chi connectivity index (χ3v) is 10.5. The van der Waals surface area contributed by atoms with Crippen molar-refractivity contribution in [1.82, 2.24) is 10.2 Å². The van der Waals surface area contributed by atoms with Gasteiger partial charge in [-0.1, -0.05) is 103 Å². The highest BCUT2D eigenvalue weighted by Crippen LogP contribution is 2.28. The van der Waals surface area contributed by atoms with E-state index < -0.39 is 34.3 Å². The van der Waals surface area contributed by atoms with Gasteiger partial charge in [0.1, 0.15) is 18.4 Å². The fourth-order valence-corrected chi connectivity index (χ4v) is 7.44. The summed E-state index contributed by atoms with van der Waals surface area (Å²) in [6.07, 6.45) is 5.04. The molecule has 10 heteroatoms. The minimum absolute atomic E-state index is 0.00127. The Morgan fingerprint density at radius 3 is 2.15 bits per heavy atom. The number of carbonyl (C=O) groups is 2. The van der Waals surface area contributed by atoms with Crippen LogP contribution < -0.4 is 9.62 Å². The summed E-state index contributed by atoms with van der Waals surface area (Å²) in [7, 11) is -4.40. The van der Waals surface area contributed by atoms with Gasteiger partial charge in [-0.25, -0.2) is 12.8 Å². The van der Waals surface area contributed by atoms with Crippen molar-refractivity contribution in [3.8, 4) is 0 Å². The topological polar surface area (TPSA) is 86.8 Å². The van der Waals surface area contributed by atoms with Crippen LogP contribution in [0.25, 0.3) is 0 Å². The molecule has 0 radical (unpaired) electrons. The number of halogens is 2. The van der Waals surface area contributed by atoms with Crippen LogP contribution in [0.5, 0.6) is 0 Å². The predicted molar refractivity (Wildman–Crippen MR) is 183 cm³/mol. The molecule has 1 aliphatic rings. The number of hydrogen-bond acceptors (Lipinski definition) is 4. The SMILES string of the molecule is Cc1ccc(S(=O)(=O)N(CC(=O)N(Cc2ccc(Cl)cc2)[C@H](Cc2ccccc2)C(=O)NC2CCCCC2)c2ccccc2F)cc1. The molecule has 4 aromatic carbocycles. The third-order valence-electron chi connectivity index (χ3n) is 8.50. The molecule has 7 nitrogen and oxygen atoms in total. The number of para-hydroxylation sites is 1. The number of hydrogen-bond donors (Lipinski definition) is 1. The molecule has 0 unspecified atom stereocenters. The first kappa shape index (κ1) is 34.1. The highest BCUT2D eigenvalue weighted by molar-refractivity contribution is 7.92. The van der Waals surface area contributed by atoms with E-state index in [1.807, 2.05) is 37.3 Å². The number of aryl methyl sites for hydroxylation is 1. The monoisotopic (exact) mass is 675 g/mol. The lowest BCUT2D eigenvalue weighted by molar-refractivity contribution is -0.140. The van der Waals surface area contributed by atoms with Gasteiger partial charge in [-0.15, -0.1) is 0 Å². The molecule has 1 atom stereocenters. The van der Waals surface area contributed by atoms with Crippen molar-refractivity contribution in [3.63, 3.8) is 0 Å². The molecular formula is C37H39ClFN3O4S. The number of anilines is 1. The normalized spacial score (nSPS) is 14.3. The molecule has 1 fully saturated rings. The average molecular weight is 676 g/mol. The maximum Gasteiger partial charge on any atom is 0.264 e. The Hall–Kier alpha value is -4.21. The molecule has 0 aromatic heterocycles. The first-order chi connectivity index (χ1) is 22.6. The van der Waals surface area contributed by atoms with E-state index in [2.05, 4.69) is 5.32 Å². The molecule has 1 aliphatic carbocycles. The van der Waals surface area contributed by atoms with Gasteiger partial charge in [-0.2, -0.15) is 0 Å². The van der Waals surface area contributed by atoms with Gasteiger partial charge >= 0.3 is 0 Å². The van der Waals surface area contributed by atoms with Crippen molar-refractivity contribution in [2.75, 3.05) is 10.8 Å². The first-order valence-electron chi connectivity index (χ1n) is 15.8. The van der Waals surface area contributed by atoms with E-state index in [1.165, 1.54) is 35.2 Å². The molecule has 5 rings (SSSR count). The van der Waals surface area contributed by atoms with Gasteiger partial charge in [-0.05, 0) is 67.3 Å². The zero-order chi connectivity index (χ0) is 33.4. The molecule has 0 heterocycles. The molecular weight excluding hydrogens is 637 g/mol. The largest absolute Gasteiger partial charge is 0.352 e. The van der Waals surface area contributed by atoms with Crippen LogP contribution in [0.1, 0.15) is 48.8 Å². The van der Waals surface area contributed by atoms with E-state index in [4.69, 9.17) is 11.6 Å².